The molecule has 2 aromatic carbocycles. The van der Waals surface area contributed by atoms with Crippen molar-refractivity contribution in [1.82, 2.24) is 4.57 Å². The Bertz CT molecular complexity index is 1030. The predicted octanol–water partition coefficient (Wildman–Crippen LogP) is 4.01. The van der Waals surface area contributed by atoms with Crippen molar-refractivity contribution in [2.24, 2.45) is 0 Å². The number of hydrogen-bond acceptors (Lipinski definition) is 4. The summed E-state index contributed by atoms with van der Waals surface area (Å²) in [4.78, 5) is 37.5. The van der Waals surface area contributed by atoms with Gasteiger partial charge >= 0.3 is 6.09 Å². The van der Waals surface area contributed by atoms with Crippen LogP contribution in [-0.2, 0) is 4.74 Å². The zero-order valence-corrected chi connectivity index (χ0v) is 14.0. The van der Waals surface area contributed by atoms with Crippen molar-refractivity contribution >= 4 is 17.7 Å². The Hall–Kier alpha value is -3.47. The summed E-state index contributed by atoms with van der Waals surface area (Å²) in [6.07, 6.45) is 2.13. The average molecular weight is 345 g/mol. The number of nitrogens with zero attached hydrogens (tertiary/aromatic N) is 1. The molecule has 0 spiro atoms. The maximum Gasteiger partial charge on any atom is 0.418 e. The lowest BCUT2D eigenvalue weighted by atomic mass is 9.83. The number of ether oxygens (including phenoxy) is 1. The van der Waals surface area contributed by atoms with Crippen molar-refractivity contribution in [2.75, 3.05) is 0 Å². The van der Waals surface area contributed by atoms with E-state index in [1.165, 1.54) is 4.57 Å². The summed E-state index contributed by atoms with van der Waals surface area (Å²) >= 11 is 0. The van der Waals surface area contributed by atoms with E-state index in [2.05, 4.69) is 0 Å². The summed E-state index contributed by atoms with van der Waals surface area (Å²) in [5.41, 5.74) is 2.20. The van der Waals surface area contributed by atoms with E-state index in [0.717, 1.165) is 0 Å². The number of hydrogen-bond donors (Lipinski definition) is 0. The van der Waals surface area contributed by atoms with Crippen LogP contribution in [0.2, 0.25) is 0 Å². The first kappa shape index (κ1) is 16.0. The summed E-state index contributed by atoms with van der Waals surface area (Å²) in [5.74, 6) is -0.361. The van der Waals surface area contributed by atoms with Crippen LogP contribution < -0.4 is 0 Å². The van der Waals surface area contributed by atoms with Gasteiger partial charge in [0.1, 0.15) is 6.10 Å². The van der Waals surface area contributed by atoms with E-state index in [1.807, 2.05) is 0 Å². The second-order valence-electron chi connectivity index (χ2n) is 6.13. The van der Waals surface area contributed by atoms with Gasteiger partial charge in [-0.1, -0.05) is 30.3 Å². The van der Waals surface area contributed by atoms with Gasteiger partial charge in [-0.25, -0.2) is 4.79 Å². The predicted molar refractivity (Wildman–Crippen MR) is 94.5 cm³/mol. The largest absolute Gasteiger partial charge is 0.441 e. The Balaban J connectivity index is 1.66. The molecule has 26 heavy (non-hydrogen) atoms. The lowest BCUT2D eigenvalue weighted by molar-refractivity contribution is 0.0976. The molecule has 0 saturated heterocycles. The Kier molecular flexibility index (Phi) is 3.77. The second-order valence-corrected chi connectivity index (χ2v) is 6.13. The van der Waals surface area contributed by atoms with Gasteiger partial charge < -0.3 is 4.74 Å². The molecule has 5 heteroatoms. The molecule has 4 rings (SSSR count). The Morgan fingerprint density at radius 2 is 1.42 bits per heavy atom. The number of ketones is 2. The summed E-state index contributed by atoms with van der Waals surface area (Å²) in [5, 5.41) is 0. The Labute approximate surface area is 149 Å². The summed E-state index contributed by atoms with van der Waals surface area (Å²) < 4.78 is 6.76. The molecular weight excluding hydrogens is 330 g/mol. The maximum atomic E-state index is 12.8. The summed E-state index contributed by atoms with van der Waals surface area (Å²) in [7, 11) is 0. The molecule has 3 aromatic rings. The van der Waals surface area contributed by atoms with E-state index < -0.39 is 12.2 Å². The highest BCUT2D eigenvalue weighted by Gasteiger charge is 2.30. The first-order chi connectivity index (χ1) is 12.6. The lowest BCUT2D eigenvalue weighted by Crippen LogP contribution is -2.21. The second kappa shape index (κ2) is 6.11. The van der Waals surface area contributed by atoms with Gasteiger partial charge in [0.2, 0.25) is 0 Å². The van der Waals surface area contributed by atoms with Crippen molar-refractivity contribution in [1.29, 1.82) is 0 Å². The van der Waals surface area contributed by atoms with Crippen LogP contribution in [0.15, 0.2) is 67.0 Å². The molecule has 0 bridgehead atoms. The molecule has 1 heterocycles. The number of carbonyl (C=O) groups excluding carboxylic acids is 3. The van der Waals surface area contributed by atoms with Gasteiger partial charge in [-0.15, -0.1) is 0 Å². The molecule has 0 radical (unpaired) electrons. The van der Waals surface area contributed by atoms with Gasteiger partial charge in [0, 0.05) is 34.6 Å². The van der Waals surface area contributed by atoms with E-state index in [9.17, 15) is 14.4 Å². The number of carbonyl (C=O) groups is 3. The lowest BCUT2D eigenvalue weighted by Gasteiger charge is -2.20. The first-order valence-corrected chi connectivity index (χ1v) is 8.22. The van der Waals surface area contributed by atoms with Crippen LogP contribution >= 0.6 is 0 Å². The molecule has 0 fully saturated rings. The van der Waals surface area contributed by atoms with Crippen LogP contribution in [0.3, 0.4) is 0 Å². The molecule has 1 atom stereocenters. The van der Waals surface area contributed by atoms with Crippen LogP contribution in [0.1, 0.15) is 50.4 Å². The fraction of sp³-hybridized carbons (Fsp3) is 0.0952. The molecule has 1 unspecified atom stereocenters. The van der Waals surface area contributed by atoms with E-state index >= 15 is 0 Å². The van der Waals surface area contributed by atoms with Crippen LogP contribution in [0, 0.1) is 0 Å². The molecule has 1 aliphatic carbocycles. The van der Waals surface area contributed by atoms with Gasteiger partial charge in [-0.2, -0.15) is 0 Å². The van der Waals surface area contributed by atoms with Gasteiger partial charge in [0.05, 0.1) is 0 Å². The number of rotatable bonds is 2. The minimum Gasteiger partial charge on any atom is -0.441 e. The van der Waals surface area contributed by atoms with E-state index in [0.29, 0.717) is 27.8 Å². The Morgan fingerprint density at radius 1 is 0.846 bits per heavy atom. The highest BCUT2D eigenvalue weighted by atomic mass is 16.6. The fourth-order valence-corrected chi connectivity index (χ4v) is 3.11. The van der Waals surface area contributed by atoms with Crippen molar-refractivity contribution < 1.29 is 19.1 Å². The zero-order valence-electron chi connectivity index (χ0n) is 14.0. The van der Waals surface area contributed by atoms with Crippen LogP contribution in [0.5, 0.6) is 0 Å². The third-order valence-electron chi connectivity index (χ3n) is 4.51. The molecule has 1 aliphatic rings. The van der Waals surface area contributed by atoms with E-state index in [4.69, 9.17) is 4.74 Å². The molecule has 128 valence electrons. The minimum absolute atomic E-state index is 0.168. The van der Waals surface area contributed by atoms with Crippen molar-refractivity contribution in [2.45, 2.75) is 13.0 Å². The monoisotopic (exact) mass is 345 g/mol. The third kappa shape index (κ3) is 2.54. The molecule has 0 saturated carbocycles. The van der Waals surface area contributed by atoms with Crippen molar-refractivity contribution in [3.05, 3.63) is 94.8 Å². The number of fused-ring (bicyclic) bond motifs is 2. The van der Waals surface area contributed by atoms with Gasteiger partial charge in [0.25, 0.3) is 0 Å². The third-order valence-corrected chi connectivity index (χ3v) is 4.51. The van der Waals surface area contributed by atoms with Crippen LogP contribution in [0.4, 0.5) is 4.79 Å². The number of benzene rings is 2. The Morgan fingerprint density at radius 3 is 2.08 bits per heavy atom. The zero-order chi connectivity index (χ0) is 18.3. The minimum atomic E-state index is -0.560. The van der Waals surface area contributed by atoms with Gasteiger partial charge in [-0.05, 0) is 36.8 Å². The van der Waals surface area contributed by atoms with Gasteiger partial charge in [0.15, 0.2) is 11.6 Å². The SMILES string of the molecule is CC(OC(=O)n1cccc1)c1ccc2c(c1)C(=O)c1ccccc1C2=O. The summed E-state index contributed by atoms with van der Waals surface area (Å²) in [6.45, 7) is 1.73. The summed E-state index contributed by atoms with van der Waals surface area (Å²) in [6, 6.07) is 15.2. The van der Waals surface area contributed by atoms with Crippen molar-refractivity contribution in [3.63, 3.8) is 0 Å². The maximum absolute atomic E-state index is 12.8. The topological polar surface area (TPSA) is 65.4 Å². The standard InChI is InChI=1S/C21H15NO4/c1-13(26-21(25)22-10-4-5-11-22)14-8-9-17-18(12-14)20(24)16-7-3-2-6-15(16)19(17)23/h2-13H,1H3. The quantitative estimate of drug-likeness (QED) is 0.551. The molecule has 0 aliphatic heterocycles. The average Bonchev–Trinajstić information content (AvgIpc) is 3.20. The first-order valence-electron chi connectivity index (χ1n) is 8.22. The van der Waals surface area contributed by atoms with Crippen molar-refractivity contribution in [3.8, 4) is 0 Å². The molecule has 0 amide bonds. The van der Waals surface area contributed by atoms with Crippen LogP contribution in [-0.4, -0.2) is 22.2 Å². The molecule has 0 N–H and O–H groups in total. The highest BCUT2D eigenvalue weighted by molar-refractivity contribution is 6.28. The molecule has 5 nitrogen and oxygen atoms in total. The van der Waals surface area contributed by atoms with Gasteiger partial charge in [-0.3, -0.25) is 14.2 Å². The highest BCUT2D eigenvalue weighted by Crippen LogP contribution is 2.30. The fourth-order valence-electron chi connectivity index (χ4n) is 3.11. The van der Waals surface area contributed by atoms with Crippen LogP contribution in [0.25, 0.3) is 0 Å². The molecular formula is C21H15NO4. The van der Waals surface area contributed by atoms with E-state index in [-0.39, 0.29) is 11.6 Å². The smallest absolute Gasteiger partial charge is 0.418 e. The molecule has 1 aromatic heterocycles. The van der Waals surface area contributed by atoms with E-state index in [1.54, 1.807) is 73.9 Å². The number of aromatic nitrogens is 1. The normalized spacial score (nSPS) is 13.7.